The van der Waals surface area contributed by atoms with Crippen molar-refractivity contribution in [3.05, 3.63) is 146 Å². The van der Waals surface area contributed by atoms with E-state index in [9.17, 15) is 33.6 Å². The molecule has 0 aromatic carbocycles. The molecule has 22 rings (SSSR count). The normalized spacial score (nSPS) is 40.4. The smallest absolute Gasteiger partial charge is 0.251 e. The average Bonchev–Trinajstić information content (AvgIpc) is 1.52. The second kappa shape index (κ2) is 30.2. The zero-order valence-electron chi connectivity index (χ0n) is 73.5. The first-order chi connectivity index (χ1) is 53.1. The van der Waals surface area contributed by atoms with Gasteiger partial charge >= 0.3 is 0 Å². The maximum Gasteiger partial charge on any atom is 0.251 e. The van der Waals surface area contributed by atoms with Crippen molar-refractivity contribution in [1.82, 2.24) is 34.3 Å². The van der Waals surface area contributed by atoms with Crippen molar-refractivity contribution in [2.45, 2.75) is 270 Å². The third kappa shape index (κ3) is 14.1. The Morgan fingerprint density at radius 1 is 0.276 bits per heavy atom. The molecule has 0 spiro atoms. The largest absolute Gasteiger partial charge is 0.311 e. The highest BCUT2D eigenvalue weighted by Crippen LogP contribution is 2.73. The van der Waals surface area contributed by atoms with E-state index >= 15 is 0 Å². The van der Waals surface area contributed by atoms with Crippen LogP contribution in [-0.4, -0.2) is 128 Å². The molecular formula is C102H149N7O7. The van der Waals surface area contributed by atoms with E-state index in [-0.39, 0.29) is 107 Å². The number of likely N-dealkylation sites (tertiary alicyclic amines) is 5. The maximum atomic E-state index is 13.1. The van der Waals surface area contributed by atoms with E-state index in [2.05, 4.69) is 215 Å². The molecule has 9 saturated carbocycles. The minimum absolute atomic E-state index is 0. The van der Waals surface area contributed by atoms with Crippen molar-refractivity contribution in [3.63, 3.8) is 0 Å². The molecule has 0 radical (unpaired) electrons. The van der Waals surface area contributed by atoms with Crippen LogP contribution in [0.2, 0.25) is 0 Å². The molecule has 5 saturated heterocycles. The minimum Gasteiger partial charge on any atom is -0.311 e. The number of rotatable bonds is 0. The fourth-order valence-corrected chi connectivity index (χ4v) is 28.6. The Morgan fingerprint density at radius 3 is 0.966 bits per heavy atom. The first kappa shape index (κ1) is 87.2. The van der Waals surface area contributed by atoms with Crippen LogP contribution in [0.5, 0.6) is 0 Å². The molecule has 14 nitrogen and oxygen atoms in total. The summed E-state index contributed by atoms with van der Waals surface area (Å²) in [6, 6.07) is 0. The number of hydrogen-bond acceptors (Lipinski definition) is 8. The van der Waals surface area contributed by atoms with Gasteiger partial charge < -0.3 is 24.5 Å². The quantitative estimate of drug-likeness (QED) is 0.133. The molecule has 634 valence electrons. The van der Waals surface area contributed by atoms with Crippen molar-refractivity contribution in [2.75, 3.05) is 13.1 Å². The molecule has 15 aliphatic carbocycles. The maximum absolute atomic E-state index is 13.1. The Bertz CT molecular complexity index is 4030. The van der Waals surface area contributed by atoms with Gasteiger partial charge in [-0.25, -0.2) is 0 Å². The van der Waals surface area contributed by atoms with E-state index in [4.69, 9.17) is 0 Å². The lowest BCUT2D eigenvalue weighted by Crippen LogP contribution is -2.46. The van der Waals surface area contributed by atoms with Gasteiger partial charge in [-0.2, -0.15) is 0 Å². The highest BCUT2D eigenvalue weighted by molar-refractivity contribution is 6.07. The summed E-state index contributed by atoms with van der Waals surface area (Å²) in [4.78, 5) is 102. The van der Waals surface area contributed by atoms with Crippen LogP contribution >= 0.6 is 0 Å². The fraction of sp³-hybridized carbons (Fsp3) is 0.696. The van der Waals surface area contributed by atoms with Crippen LogP contribution in [0, 0.1) is 166 Å². The molecule has 0 aromatic heterocycles. The van der Waals surface area contributed by atoms with Gasteiger partial charge in [-0.3, -0.25) is 43.4 Å². The van der Waals surface area contributed by atoms with Gasteiger partial charge in [-0.15, -0.1) is 0 Å². The van der Waals surface area contributed by atoms with E-state index < -0.39 is 0 Å². The van der Waals surface area contributed by atoms with Crippen molar-refractivity contribution < 1.29 is 33.6 Å². The zero-order valence-corrected chi connectivity index (χ0v) is 73.5. The number of fused-ring (bicyclic) bond motifs is 32. The molecule has 14 fully saturated rings. The Morgan fingerprint density at radius 2 is 0.586 bits per heavy atom. The van der Waals surface area contributed by atoms with Gasteiger partial charge in [0, 0.05) is 110 Å². The molecule has 14 heteroatoms. The first-order valence-electron chi connectivity index (χ1n) is 44.5. The summed E-state index contributed by atoms with van der Waals surface area (Å²) >= 11 is 0. The van der Waals surface area contributed by atoms with Crippen LogP contribution < -0.4 is 0 Å². The van der Waals surface area contributed by atoms with Gasteiger partial charge in [0.05, 0.1) is 35.5 Å². The SMILES string of the molecule is C.C.C=C1C2C3C=CC(C3)C2C(=O)N1C(C)(C)C.C=C1C2C3CC(C2C(=O)N1C(C)(C)C)C1C2C=CC(C2)C31.C=C1C2C3CC(C4CC=CCC43)C2C(=O)N1C(C)(C)C.C=C1C2CC=CCC2C(=O)N1C(C)(C)C.C=C1C=CC(=O)N1C(C)(C)C.CC(C)(C)N1C(=O)C2C3CC(C2C1=O)C1C2C=CC(CC2)C31.CC(C)(C)N1CC=CC1. The molecule has 28 atom stereocenters. The number of nitrogens with zero attached hydrogens (tertiary/aromatic N) is 7. The topological polar surface area (TPSA) is 142 Å². The minimum atomic E-state index is -0.375. The van der Waals surface area contributed by atoms with Gasteiger partial charge in [-0.05, 0) is 329 Å². The average molecular weight is 1590 g/mol. The Balaban J connectivity index is 0.000000119. The Hall–Kier alpha value is -6.67. The number of hydrogen-bond donors (Lipinski definition) is 0. The van der Waals surface area contributed by atoms with Gasteiger partial charge in [0.2, 0.25) is 35.4 Å². The van der Waals surface area contributed by atoms with Gasteiger partial charge in [0.1, 0.15) is 0 Å². The lowest BCUT2D eigenvalue weighted by molar-refractivity contribution is -0.146. The van der Waals surface area contributed by atoms with Crippen LogP contribution in [0.3, 0.4) is 0 Å². The summed E-state index contributed by atoms with van der Waals surface area (Å²) in [7, 11) is 0. The van der Waals surface area contributed by atoms with Crippen molar-refractivity contribution in [1.29, 1.82) is 0 Å². The molecule has 116 heavy (non-hydrogen) atoms. The third-order valence-electron chi connectivity index (χ3n) is 32.0. The van der Waals surface area contributed by atoms with Crippen LogP contribution in [0.15, 0.2) is 146 Å². The molecule has 7 heterocycles. The number of allylic oxidation sites excluding steroid dienone is 15. The molecule has 0 N–H and O–H groups in total. The van der Waals surface area contributed by atoms with Crippen molar-refractivity contribution in [2.24, 2.45) is 166 Å². The molecule has 7 amide bonds. The molecular weight excluding hydrogens is 1440 g/mol. The van der Waals surface area contributed by atoms with Gasteiger partial charge in [0.15, 0.2) is 0 Å². The van der Waals surface area contributed by atoms with E-state index in [1.807, 2.05) is 61.1 Å². The highest BCUT2D eigenvalue weighted by Gasteiger charge is 2.73. The molecule has 12 bridgehead atoms. The second-order valence-electron chi connectivity index (χ2n) is 45.6. The molecule has 7 aliphatic heterocycles. The summed E-state index contributed by atoms with van der Waals surface area (Å²) in [5.74, 6) is 16.4. The monoisotopic (exact) mass is 1580 g/mol. The van der Waals surface area contributed by atoms with Crippen molar-refractivity contribution in [3.8, 4) is 0 Å². The van der Waals surface area contributed by atoms with Crippen molar-refractivity contribution >= 4 is 41.4 Å². The van der Waals surface area contributed by atoms with E-state index in [1.54, 1.807) is 22.0 Å². The lowest BCUT2D eigenvalue weighted by Gasteiger charge is -2.49. The van der Waals surface area contributed by atoms with E-state index in [0.717, 1.165) is 109 Å². The summed E-state index contributed by atoms with van der Waals surface area (Å²) in [5, 5.41) is 0. The number of amides is 7. The standard InChI is InChI=1S/C19H25NO2.C19H25NO.C18H25NO.C14H19NO.C13H19NO.C9H13NO.C8H15N.2CH4/c1-19(2,3)20-17(21)15-11-8-12(16(15)18(20)22)14-10-5-4-9(6-7-10)13(11)14;1-9-14-12-8-13(16-11-6-5-10(7-11)15(12)16)17(14)18(21)20(9)19(2,3)4;1-10-15-13-9-14(12-8-6-5-7-11(12)13)16(15)17(20)19(10)18(2,3)4;1-8-11-9-5-6-10(7-9)12(11)13(16)15(8)14(2,3)4;1-9-10-7-5-6-8-11(10)12(15)14(9)13(2,3)4;1-7-5-6-8(11)10(7)9(2,3)4;1-8(2,3)9-6-4-5-7-9;;/h4-5,9-16H,6-8H2,1-3H3;5-6,10-17H,1,7-8H2,2-4H3;5-6,11-16H,1,7-9H2,2-4H3;5-6,9-12H,1,7H2,2-4H3;5-6,10-11H,1,7-8H2,2-4H3;5-6H,1H2,2-4H3;4-5H,6-7H2,1-3H3;2*1H4. The predicted molar refractivity (Wildman–Crippen MR) is 468 cm³/mol. The molecule has 28 unspecified atom stereocenters. The Kier molecular flexibility index (Phi) is 22.7. The molecule has 22 aliphatic rings. The second-order valence-corrected chi connectivity index (χ2v) is 45.6. The molecule has 0 aromatic rings. The summed E-state index contributed by atoms with van der Waals surface area (Å²) in [5.41, 5.74) is 4.42. The van der Waals surface area contributed by atoms with Crippen LogP contribution in [0.4, 0.5) is 0 Å². The van der Waals surface area contributed by atoms with E-state index in [0.29, 0.717) is 112 Å². The van der Waals surface area contributed by atoms with Gasteiger partial charge in [0.25, 0.3) is 5.91 Å². The van der Waals surface area contributed by atoms with E-state index in [1.165, 1.54) is 44.9 Å². The summed E-state index contributed by atoms with van der Waals surface area (Å²) < 4.78 is 0. The number of carbonyl (C=O) groups is 7. The van der Waals surface area contributed by atoms with Crippen LogP contribution in [0.25, 0.3) is 0 Å². The van der Waals surface area contributed by atoms with Gasteiger partial charge in [-0.1, -0.05) is 121 Å². The summed E-state index contributed by atoms with van der Waals surface area (Å²) in [6.45, 7) is 67.0. The summed E-state index contributed by atoms with van der Waals surface area (Å²) in [6.07, 6.45) is 44.2. The predicted octanol–water partition coefficient (Wildman–Crippen LogP) is 19.9. The lowest BCUT2D eigenvalue weighted by atomic mass is 9.54. The van der Waals surface area contributed by atoms with Crippen LogP contribution in [-0.2, 0) is 33.6 Å². The number of imide groups is 1. The third-order valence-corrected chi connectivity index (χ3v) is 32.0. The number of carbonyl (C=O) groups excluding carboxylic acids is 7. The Labute approximate surface area is 700 Å². The first-order valence-corrected chi connectivity index (χ1v) is 44.5. The van der Waals surface area contributed by atoms with Crippen LogP contribution in [0.1, 0.15) is 231 Å². The fourth-order valence-electron chi connectivity index (χ4n) is 28.6. The zero-order chi connectivity index (χ0) is 82.7. The highest BCUT2D eigenvalue weighted by atomic mass is 16.2.